The predicted molar refractivity (Wildman–Crippen MR) is 105 cm³/mol. The highest BCUT2D eigenvalue weighted by Crippen LogP contribution is 2.31. The number of hydrogen-bond donors (Lipinski definition) is 0. The second-order valence-corrected chi connectivity index (χ2v) is 8.08. The molecule has 0 saturated heterocycles. The summed E-state index contributed by atoms with van der Waals surface area (Å²) < 4.78 is 1.72. The van der Waals surface area contributed by atoms with Crippen molar-refractivity contribution in [3.63, 3.8) is 0 Å². The Labute approximate surface area is 159 Å². The number of aryl methyl sites for hydroxylation is 1. The number of rotatable bonds is 4. The van der Waals surface area contributed by atoms with Gasteiger partial charge in [0.15, 0.2) is 5.16 Å². The molecule has 0 saturated carbocycles. The molecule has 2 heterocycles. The molecule has 2 aromatic carbocycles. The van der Waals surface area contributed by atoms with Gasteiger partial charge < -0.3 is 0 Å². The maximum absolute atomic E-state index is 13.0. The van der Waals surface area contributed by atoms with E-state index in [0.717, 1.165) is 44.2 Å². The van der Waals surface area contributed by atoms with E-state index in [0.29, 0.717) is 5.75 Å². The van der Waals surface area contributed by atoms with Gasteiger partial charge >= 0.3 is 0 Å². The molecule has 126 valence electrons. The van der Waals surface area contributed by atoms with E-state index in [4.69, 9.17) is 16.6 Å². The first-order chi connectivity index (χ1) is 12.2. The Hall–Kier alpha value is -1.69. The molecule has 1 aliphatic heterocycles. The van der Waals surface area contributed by atoms with E-state index >= 15 is 0 Å². The van der Waals surface area contributed by atoms with Gasteiger partial charge in [-0.15, -0.1) is 11.8 Å². The second-order valence-electron chi connectivity index (χ2n) is 5.62. The van der Waals surface area contributed by atoms with E-state index in [2.05, 4.69) is 0 Å². The lowest BCUT2D eigenvalue weighted by molar-refractivity contribution is 0.739. The molecule has 0 atom stereocenters. The van der Waals surface area contributed by atoms with E-state index in [9.17, 15) is 4.79 Å². The van der Waals surface area contributed by atoms with E-state index < -0.39 is 0 Å². The Morgan fingerprint density at radius 3 is 2.68 bits per heavy atom. The summed E-state index contributed by atoms with van der Waals surface area (Å²) in [6, 6.07) is 17.5. The van der Waals surface area contributed by atoms with Gasteiger partial charge in [-0.1, -0.05) is 59.8 Å². The summed E-state index contributed by atoms with van der Waals surface area (Å²) in [6.07, 6.45) is 0.852. The van der Waals surface area contributed by atoms with Crippen molar-refractivity contribution in [2.75, 3.05) is 5.75 Å². The zero-order valence-corrected chi connectivity index (χ0v) is 15.7. The second kappa shape index (κ2) is 7.28. The molecule has 4 rings (SSSR count). The van der Waals surface area contributed by atoms with Gasteiger partial charge in [-0.2, -0.15) is 0 Å². The van der Waals surface area contributed by atoms with Crippen molar-refractivity contribution >= 4 is 35.1 Å². The van der Waals surface area contributed by atoms with Gasteiger partial charge in [0, 0.05) is 22.9 Å². The number of thioether (sulfide) groups is 2. The number of fused-ring (bicyclic) bond motifs is 1. The maximum atomic E-state index is 13.0. The topological polar surface area (TPSA) is 34.9 Å². The molecule has 25 heavy (non-hydrogen) atoms. The molecule has 0 N–H and O–H groups in total. The quantitative estimate of drug-likeness (QED) is 0.475. The van der Waals surface area contributed by atoms with Gasteiger partial charge in [-0.3, -0.25) is 9.36 Å². The third kappa shape index (κ3) is 3.36. The molecule has 3 aromatic rings. The van der Waals surface area contributed by atoms with Gasteiger partial charge in [0.05, 0.1) is 16.3 Å². The smallest absolute Gasteiger partial charge is 0.268 e. The molecule has 0 spiro atoms. The highest BCUT2D eigenvalue weighted by molar-refractivity contribution is 7.99. The van der Waals surface area contributed by atoms with Crippen LogP contribution in [0, 0.1) is 0 Å². The molecule has 0 radical (unpaired) electrons. The summed E-state index contributed by atoms with van der Waals surface area (Å²) in [5.41, 5.74) is 2.83. The van der Waals surface area contributed by atoms with Crippen molar-refractivity contribution in [2.24, 2.45) is 0 Å². The standard InChI is InChI=1S/C19H15ClN2OS2/c20-15-9-5-4-6-13(15)12-25-19-21-16-10-11-24-17(16)18(23)22(19)14-7-2-1-3-8-14/h1-9H,10-12H2. The van der Waals surface area contributed by atoms with E-state index in [1.54, 1.807) is 28.1 Å². The van der Waals surface area contributed by atoms with Crippen LogP contribution in [0.25, 0.3) is 5.69 Å². The predicted octanol–water partition coefficient (Wildman–Crippen LogP) is 4.83. The minimum absolute atomic E-state index is 0.0281. The Morgan fingerprint density at radius 2 is 1.88 bits per heavy atom. The highest BCUT2D eigenvalue weighted by Gasteiger charge is 2.22. The van der Waals surface area contributed by atoms with Crippen LogP contribution in [-0.4, -0.2) is 15.3 Å². The summed E-state index contributed by atoms with van der Waals surface area (Å²) >= 11 is 9.42. The average molecular weight is 387 g/mol. The molecule has 0 bridgehead atoms. The minimum atomic E-state index is 0.0281. The lowest BCUT2D eigenvalue weighted by Gasteiger charge is -2.14. The lowest BCUT2D eigenvalue weighted by atomic mass is 10.2. The van der Waals surface area contributed by atoms with Crippen LogP contribution in [0.5, 0.6) is 0 Å². The van der Waals surface area contributed by atoms with Crippen molar-refractivity contribution in [1.29, 1.82) is 0 Å². The van der Waals surface area contributed by atoms with Gasteiger partial charge in [0.25, 0.3) is 5.56 Å². The lowest BCUT2D eigenvalue weighted by Crippen LogP contribution is -2.23. The highest BCUT2D eigenvalue weighted by atomic mass is 35.5. The molecular weight excluding hydrogens is 372 g/mol. The van der Waals surface area contributed by atoms with E-state index in [1.165, 1.54) is 0 Å². The zero-order valence-electron chi connectivity index (χ0n) is 13.3. The number of nitrogens with zero attached hydrogens (tertiary/aromatic N) is 2. The first kappa shape index (κ1) is 16.8. The minimum Gasteiger partial charge on any atom is -0.268 e. The molecule has 6 heteroatoms. The van der Waals surface area contributed by atoms with Gasteiger partial charge in [-0.05, 0) is 23.8 Å². The molecule has 1 aliphatic rings. The van der Waals surface area contributed by atoms with Gasteiger partial charge in [-0.25, -0.2) is 4.98 Å². The molecule has 0 amide bonds. The Morgan fingerprint density at radius 1 is 1.12 bits per heavy atom. The Balaban J connectivity index is 1.77. The first-order valence-corrected chi connectivity index (χ1v) is 10.3. The van der Waals surface area contributed by atoms with Crippen LogP contribution < -0.4 is 5.56 Å². The molecular formula is C19H15ClN2OS2. The van der Waals surface area contributed by atoms with Crippen molar-refractivity contribution in [2.45, 2.75) is 22.2 Å². The van der Waals surface area contributed by atoms with Crippen LogP contribution in [0.15, 0.2) is 69.4 Å². The third-order valence-electron chi connectivity index (χ3n) is 4.00. The Bertz CT molecular complexity index is 973. The van der Waals surface area contributed by atoms with Crippen LogP contribution in [0.1, 0.15) is 11.3 Å². The summed E-state index contributed by atoms with van der Waals surface area (Å²) in [5, 5.41) is 1.46. The van der Waals surface area contributed by atoms with Crippen LogP contribution in [0.4, 0.5) is 0 Å². The van der Waals surface area contributed by atoms with Crippen LogP contribution in [0.3, 0.4) is 0 Å². The van der Waals surface area contributed by atoms with Crippen molar-refractivity contribution < 1.29 is 0 Å². The van der Waals surface area contributed by atoms with Gasteiger partial charge in [0.1, 0.15) is 0 Å². The van der Waals surface area contributed by atoms with Crippen LogP contribution in [-0.2, 0) is 12.2 Å². The summed E-state index contributed by atoms with van der Waals surface area (Å²) in [6.45, 7) is 0. The van der Waals surface area contributed by atoms with E-state index in [-0.39, 0.29) is 5.56 Å². The number of benzene rings is 2. The van der Waals surface area contributed by atoms with Crippen LogP contribution >= 0.6 is 35.1 Å². The number of aromatic nitrogens is 2. The molecule has 1 aromatic heterocycles. The monoisotopic (exact) mass is 386 g/mol. The normalized spacial score (nSPS) is 13.0. The van der Waals surface area contributed by atoms with Crippen molar-refractivity contribution in [3.05, 3.63) is 81.2 Å². The largest absolute Gasteiger partial charge is 0.272 e. The zero-order chi connectivity index (χ0) is 17.2. The van der Waals surface area contributed by atoms with Gasteiger partial charge in [0.2, 0.25) is 0 Å². The van der Waals surface area contributed by atoms with Crippen LogP contribution in [0.2, 0.25) is 5.02 Å². The molecule has 0 unspecified atom stereocenters. The molecule has 0 aliphatic carbocycles. The number of para-hydroxylation sites is 1. The Kier molecular flexibility index (Phi) is 4.88. The fourth-order valence-electron chi connectivity index (χ4n) is 2.75. The first-order valence-electron chi connectivity index (χ1n) is 7.94. The number of hydrogen-bond acceptors (Lipinski definition) is 4. The summed E-state index contributed by atoms with van der Waals surface area (Å²) in [4.78, 5) is 18.6. The van der Waals surface area contributed by atoms with Crippen molar-refractivity contribution in [1.82, 2.24) is 9.55 Å². The summed E-state index contributed by atoms with van der Waals surface area (Å²) in [5.74, 6) is 1.59. The average Bonchev–Trinajstić information content (AvgIpc) is 3.11. The molecule has 3 nitrogen and oxygen atoms in total. The fraction of sp³-hybridized carbons (Fsp3) is 0.158. The third-order valence-corrected chi connectivity index (χ3v) is 6.46. The molecule has 0 fully saturated rings. The summed E-state index contributed by atoms with van der Waals surface area (Å²) in [7, 11) is 0. The fourth-order valence-corrected chi connectivity index (χ4v) is 5.09. The van der Waals surface area contributed by atoms with Crippen molar-refractivity contribution in [3.8, 4) is 5.69 Å². The SMILES string of the molecule is O=c1c2c(nc(SCc3ccccc3Cl)n1-c1ccccc1)CCS2. The maximum Gasteiger partial charge on any atom is 0.272 e. The number of halogens is 1. The van der Waals surface area contributed by atoms with E-state index in [1.807, 2.05) is 54.6 Å².